The molecule has 0 saturated carbocycles. The number of carboxylic acid groups (broad SMARTS) is 1. The van der Waals surface area contributed by atoms with Crippen molar-refractivity contribution in [1.29, 1.82) is 0 Å². The predicted octanol–water partition coefficient (Wildman–Crippen LogP) is 11.4. The first-order valence-electron chi connectivity index (χ1n) is 21.0. The van der Waals surface area contributed by atoms with Crippen molar-refractivity contribution < 1.29 is 42.7 Å². The van der Waals surface area contributed by atoms with Crippen LogP contribution in [0.15, 0.2) is 72.9 Å². The molecular formula is C44H76NO9P. The quantitative estimate of drug-likeness (QED) is 0.0237. The average molecular weight is 794 g/mol. The molecule has 0 aromatic rings. The van der Waals surface area contributed by atoms with Crippen LogP contribution in [-0.2, 0) is 32.7 Å². The number of hydrogen-bond donors (Lipinski definition) is 3. The van der Waals surface area contributed by atoms with Gasteiger partial charge < -0.3 is 25.2 Å². The Morgan fingerprint density at radius 2 is 1.05 bits per heavy atom. The second-order valence-electron chi connectivity index (χ2n) is 13.7. The number of carbonyl (C=O) groups is 2. The molecule has 0 aliphatic carbocycles. The Hall–Kier alpha value is -2.59. The van der Waals surface area contributed by atoms with Gasteiger partial charge in [-0.05, 0) is 83.5 Å². The van der Waals surface area contributed by atoms with E-state index in [-0.39, 0.29) is 13.0 Å². The van der Waals surface area contributed by atoms with Gasteiger partial charge in [0.1, 0.15) is 12.1 Å². The third kappa shape index (κ3) is 39.4. The first-order valence-corrected chi connectivity index (χ1v) is 22.5. The van der Waals surface area contributed by atoms with Crippen LogP contribution in [0.2, 0.25) is 0 Å². The summed E-state index contributed by atoms with van der Waals surface area (Å²) in [6, 6.07) is -1.48. The Morgan fingerprint density at radius 3 is 1.58 bits per heavy atom. The molecule has 0 rings (SSSR count). The van der Waals surface area contributed by atoms with Crippen LogP contribution in [0.1, 0.15) is 155 Å². The maximum absolute atomic E-state index is 12.6. The number of nitrogens with two attached hydrogens (primary N) is 1. The van der Waals surface area contributed by atoms with Crippen LogP contribution >= 0.6 is 7.82 Å². The molecule has 10 nitrogen and oxygen atoms in total. The fourth-order valence-electron chi connectivity index (χ4n) is 5.21. The van der Waals surface area contributed by atoms with Gasteiger partial charge in [0, 0.05) is 13.0 Å². The molecule has 0 aliphatic heterocycles. The zero-order chi connectivity index (χ0) is 40.5. The summed E-state index contributed by atoms with van der Waals surface area (Å²) in [5, 5.41) is 8.88. The number of ether oxygens (including phenoxy) is 2. The summed E-state index contributed by atoms with van der Waals surface area (Å²) in [6.45, 7) is 3.65. The van der Waals surface area contributed by atoms with Gasteiger partial charge in [-0.1, -0.05) is 138 Å². The highest BCUT2D eigenvalue weighted by Gasteiger charge is 2.27. The van der Waals surface area contributed by atoms with E-state index in [0.717, 1.165) is 77.0 Å². The van der Waals surface area contributed by atoms with Gasteiger partial charge in [-0.2, -0.15) is 0 Å². The lowest BCUT2D eigenvalue weighted by Gasteiger charge is -2.20. The van der Waals surface area contributed by atoms with Crippen molar-refractivity contribution in [3.05, 3.63) is 72.9 Å². The highest BCUT2D eigenvalue weighted by Crippen LogP contribution is 2.43. The zero-order valence-electron chi connectivity index (χ0n) is 34.2. The van der Waals surface area contributed by atoms with Gasteiger partial charge in [0.25, 0.3) is 0 Å². The lowest BCUT2D eigenvalue weighted by molar-refractivity contribution is -0.154. The molecule has 3 unspecified atom stereocenters. The predicted molar refractivity (Wildman–Crippen MR) is 226 cm³/mol. The Morgan fingerprint density at radius 1 is 0.600 bits per heavy atom. The first kappa shape index (κ1) is 52.4. The topological polar surface area (TPSA) is 155 Å². The Labute approximate surface area is 334 Å². The molecule has 316 valence electrons. The molecule has 0 bridgehead atoms. The van der Waals surface area contributed by atoms with Crippen molar-refractivity contribution >= 4 is 19.8 Å². The van der Waals surface area contributed by atoms with Crippen molar-refractivity contribution in [2.24, 2.45) is 5.73 Å². The van der Waals surface area contributed by atoms with Gasteiger partial charge in [0.05, 0.1) is 19.8 Å². The maximum Gasteiger partial charge on any atom is 0.472 e. The Balaban J connectivity index is 4.30. The smallest absolute Gasteiger partial charge is 0.472 e. The number of allylic oxidation sites excluding steroid dienone is 12. The molecular weight excluding hydrogens is 717 g/mol. The summed E-state index contributed by atoms with van der Waals surface area (Å²) in [5.74, 6) is -1.82. The summed E-state index contributed by atoms with van der Waals surface area (Å²) >= 11 is 0. The number of unbranched alkanes of at least 4 members (excludes halogenated alkanes) is 13. The van der Waals surface area contributed by atoms with E-state index in [1.54, 1.807) is 0 Å². The van der Waals surface area contributed by atoms with Gasteiger partial charge in [0.2, 0.25) is 0 Å². The molecule has 0 aromatic carbocycles. The summed E-state index contributed by atoms with van der Waals surface area (Å²) < 4.78 is 33.3. The molecule has 0 aliphatic rings. The summed E-state index contributed by atoms with van der Waals surface area (Å²) in [7, 11) is -4.63. The monoisotopic (exact) mass is 794 g/mol. The van der Waals surface area contributed by atoms with E-state index in [4.69, 9.17) is 29.4 Å². The molecule has 11 heteroatoms. The minimum absolute atomic E-state index is 0.00596. The van der Waals surface area contributed by atoms with E-state index < -0.39 is 45.1 Å². The summed E-state index contributed by atoms with van der Waals surface area (Å²) in [6.07, 6.45) is 48.1. The third-order valence-corrected chi connectivity index (χ3v) is 9.42. The second-order valence-corrected chi connectivity index (χ2v) is 15.2. The number of hydrogen-bond acceptors (Lipinski definition) is 8. The van der Waals surface area contributed by atoms with Crippen LogP contribution in [0.5, 0.6) is 0 Å². The minimum atomic E-state index is -4.63. The van der Waals surface area contributed by atoms with E-state index in [1.807, 2.05) is 0 Å². The molecule has 0 aromatic heterocycles. The van der Waals surface area contributed by atoms with Crippen molar-refractivity contribution in [3.8, 4) is 0 Å². The fourth-order valence-corrected chi connectivity index (χ4v) is 5.99. The third-order valence-electron chi connectivity index (χ3n) is 8.47. The van der Waals surface area contributed by atoms with Gasteiger partial charge >= 0.3 is 19.8 Å². The number of esters is 1. The molecule has 55 heavy (non-hydrogen) atoms. The number of phosphoric acid groups is 1. The highest BCUT2D eigenvalue weighted by atomic mass is 31.2. The molecule has 0 saturated heterocycles. The first-order chi connectivity index (χ1) is 26.7. The van der Waals surface area contributed by atoms with Crippen LogP contribution in [0.3, 0.4) is 0 Å². The molecule has 4 N–H and O–H groups in total. The van der Waals surface area contributed by atoms with E-state index in [0.29, 0.717) is 13.0 Å². The lowest BCUT2D eigenvalue weighted by Crippen LogP contribution is -2.34. The van der Waals surface area contributed by atoms with E-state index in [9.17, 15) is 19.0 Å². The van der Waals surface area contributed by atoms with E-state index in [1.165, 1.54) is 51.4 Å². The number of carbonyl (C=O) groups excluding carboxylic acids is 1. The van der Waals surface area contributed by atoms with E-state index >= 15 is 0 Å². The zero-order valence-corrected chi connectivity index (χ0v) is 35.1. The van der Waals surface area contributed by atoms with Crippen LogP contribution in [0, 0.1) is 0 Å². The van der Waals surface area contributed by atoms with Gasteiger partial charge in [-0.15, -0.1) is 0 Å². The summed E-state index contributed by atoms with van der Waals surface area (Å²) in [5.41, 5.74) is 5.34. The average Bonchev–Trinajstić information content (AvgIpc) is 3.16. The van der Waals surface area contributed by atoms with Crippen molar-refractivity contribution in [2.45, 2.75) is 167 Å². The van der Waals surface area contributed by atoms with Gasteiger partial charge in [-0.3, -0.25) is 18.6 Å². The normalized spacial score (nSPS) is 14.7. The van der Waals surface area contributed by atoms with E-state index in [2.05, 4.69) is 86.8 Å². The number of rotatable bonds is 39. The lowest BCUT2D eigenvalue weighted by atomic mass is 10.1. The fraction of sp³-hybridized carbons (Fsp3) is 0.682. The number of carboxylic acids is 1. The highest BCUT2D eigenvalue weighted by molar-refractivity contribution is 7.47. The maximum atomic E-state index is 12.6. The van der Waals surface area contributed by atoms with Crippen LogP contribution in [-0.4, -0.2) is 60.5 Å². The molecule has 0 heterocycles. The molecule has 0 spiro atoms. The SMILES string of the molecule is CC/C=C\C/C=C\C/C=C\CCCCCC(=O)OC(COCCCCCCCCC/C=C\C/C=C\C/C=C\CCCCC)COP(=O)(O)OCC(N)C(=O)O. The van der Waals surface area contributed by atoms with Crippen LogP contribution in [0.4, 0.5) is 0 Å². The largest absolute Gasteiger partial charge is 0.480 e. The van der Waals surface area contributed by atoms with Crippen molar-refractivity contribution in [2.75, 3.05) is 26.4 Å². The van der Waals surface area contributed by atoms with Gasteiger partial charge in [0.15, 0.2) is 0 Å². The number of phosphoric ester groups is 1. The standard InChI is InChI=1S/C44H76NO9P/c1-3-5-7-9-11-13-15-17-18-19-20-21-22-23-25-27-29-31-33-35-37-51-38-41(39-52-55(49,50)53-40-42(45)44(47)48)54-43(46)36-34-32-30-28-26-24-16-14-12-10-8-6-4-2/h6,8,11-14,17-18,20-21,24,26,41-42H,3-5,7,9-10,15-16,19,22-23,25,27-40,45H2,1-2H3,(H,47,48)(H,49,50)/b8-6-,13-11-,14-12-,18-17-,21-20-,26-24-. The van der Waals surface area contributed by atoms with Gasteiger partial charge in [-0.25, -0.2) is 4.57 Å². The Bertz CT molecular complexity index is 1150. The van der Waals surface area contributed by atoms with Crippen molar-refractivity contribution in [1.82, 2.24) is 0 Å². The molecule has 0 radical (unpaired) electrons. The molecule has 0 amide bonds. The molecule has 3 atom stereocenters. The van der Waals surface area contributed by atoms with Crippen molar-refractivity contribution in [3.63, 3.8) is 0 Å². The minimum Gasteiger partial charge on any atom is -0.480 e. The second kappa shape index (κ2) is 39.6. The van der Waals surface area contributed by atoms with Crippen LogP contribution < -0.4 is 5.73 Å². The van der Waals surface area contributed by atoms with Crippen LogP contribution in [0.25, 0.3) is 0 Å². The summed E-state index contributed by atoms with van der Waals surface area (Å²) in [4.78, 5) is 33.5. The molecule has 0 fully saturated rings. The Kier molecular flexibility index (Phi) is 37.8. The number of aliphatic carboxylic acids is 1.